The molecule has 3 aromatic rings. The first-order chi connectivity index (χ1) is 9.66. The van der Waals surface area contributed by atoms with E-state index in [1.165, 1.54) is 0 Å². The normalized spacial score (nSPS) is 12.6. The monoisotopic (exact) mass is 263 g/mol. The zero-order valence-electron chi connectivity index (χ0n) is 11.7. The summed E-state index contributed by atoms with van der Waals surface area (Å²) >= 11 is 0. The van der Waals surface area contributed by atoms with E-state index in [9.17, 15) is 5.11 Å². The minimum atomic E-state index is -0.609. The molecule has 2 aromatic carbocycles. The summed E-state index contributed by atoms with van der Waals surface area (Å²) in [4.78, 5) is 4.35. The molecule has 0 aliphatic carbocycles. The van der Waals surface area contributed by atoms with Gasteiger partial charge in [-0.15, -0.1) is 0 Å². The van der Waals surface area contributed by atoms with E-state index in [2.05, 4.69) is 4.98 Å². The predicted molar refractivity (Wildman–Crippen MR) is 81.7 cm³/mol. The lowest BCUT2D eigenvalue weighted by Gasteiger charge is -2.17. The van der Waals surface area contributed by atoms with E-state index in [4.69, 9.17) is 0 Å². The third-order valence-corrected chi connectivity index (χ3v) is 3.76. The van der Waals surface area contributed by atoms with Crippen LogP contribution in [0, 0.1) is 13.8 Å². The van der Waals surface area contributed by atoms with Crippen LogP contribution in [0.2, 0.25) is 0 Å². The van der Waals surface area contributed by atoms with E-state index in [0.717, 1.165) is 33.2 Å². The van der Waals surface area contributed by atoms with Crippen molar-refractivity contribution in [3.8, 4) is 0 Å². The molecule has 3 rings (SSSR count). The van der Waals surface area contributed by atoms with Crippen molar-refractivity contribution in [3.05, 3.63) is 77.0 Å². The average Bonchev–Trinajstić information content (AvgIpc) is 2.46. The highest BCUT2D eigenvalue weighted by atomic mass is 16.3. The Balaban J connectivity index is 2.10. The molecule has 1 aromatic heterocycles. The predicted octanol–water partition coefficient (Wildman–Crippen LogP) is 3.93. The smallest absolute Gasteiger partial charge is 0.105 e. The lowest BCUT2D eigenvalue weighted by molar-refractivity contribution is 0.219. The third-order valence-electron chi connectivity index (χ3n) is 3.76. The van der Waals surface area contributed by atoms with Gasteiger partial charge in [-0.1, -0.05) is 36.4 Å². The number of pyridine rings is 1. The number of rotatable bonds is 2. The standard InChI is InChI=1S/C18H17NO/c1-12-5-3-6-13(2)17(12)18(20)15-9-8-14-7-4-10-19-16(14)11-15/h3-11,18,20H,1-2H3. The van der Waals surface area contributed by atoms with Crippen molar-refractivity contribution < 1.29 is 5.11 Å². The second-order valence-electron chi connectivity index (χ2n) is 5.16. The molecule has 0 radical (unpaired) electrons. The van der Waals surface area contributed by atoms with E-state index in [0.29, 0.717) is 0 Å². The highest BCUT2D eigenvalue weighted by Crippen LogP contribution is 2.29. The van der Waals surface area contributed by atoms with Crippen LogP contribution in [0.15, 0.2) is 54.7 Å². The van der Waals surface area contributed by atoms with Crippen LogP contribution in [0.25, 0.3) is 10.9 Å². The second kappa shape index (κ2) is 5.06. The van der Waals surface area contributed by atoms with Crippen LogP contribution in [0.4, 0.5) is 0 Å². The van der Waals surface area contributed by atoms with Crippen LogP contribution in [0.5, 0.6) is 0 Å². The van der Waals surface area contributed by atoms with Gasteiger partial charge in [-0.25, -0.2) is 0 Å². The van der Waals surface area contributed by atoms with Crippen molar-refractivity contribution in [2.24, 2.45) is 0 Å². The zero-order valence-corrected chi connectivity index (χ0v) is 11.7. The van der Waals surface area contributed by atoms with Gasteiger partial charge in [-0.2, -0.15) is 0 Å². The Kier molecular flexibility index (Phi) is 3.25. The largest absolute Gasteiger partial charge is 0.384 e. The van der Waals surface area contributed by atoms with Crippen molar-refractivity contribution in [2.75, 3.05) is 0 Å². The fraction of sp³-hybridized carbons (Fsp3) is 0.167. The first-order valence-electron chi connectivity index (χ1n) is 6.75. The summed E-state index contributed by atoms with van der Waals surface area (Å²) in [5, 5.41) is 11.8. The van der Waals surface area contributed by atoms with Crippen molar-refractivity contribution in [3.63, 3.8) is 0 Å². The molecule has 2 nitrogen and oxygen atoms in total. The van der Waals surface area contributed by atoms with Gasteiger partial charge in [0.05, 0.1) is 5.52 Å². The molecule has 0 bridgehead atoms. The molecule has 0 saturated heterocycles. The molecule has 0 amide bonds. The van der Waals surface area contributed by atoms with Crippen LogP contribution in [0.3, 0.4) is 0 Å². The number of aliphatic hydroxyl groups is 1. The number of nitrogens with zero attached hydrogens (tertiary/aromatic N) is 1. The molecular formula is C18H17NO. The highest BCUT2D eigenvalue weighted by Gasteiger charge is 2.15. The van der Waals surface area contributed by atoms with Crippen LogP contribution >= 0.6 is 0 Å². The van der Waals surface area contributed by atoms with Gasteiger partial charge < -0.3 is 5.11 Å². The van der Waals surface area contributed by atoms with Crippen molar-refractivity contribution in [1.82, 2.24) is 4.98 Å². The fourth-order valence-electron chi connectivity index (χ4n) is 2.68. The van der Waals surface area contributed by atoms with Crippen LogP contribution in [-0.4, -0.2) is 10.1 Å². The molecule has 0 aliphatic rings. The molecule has 1 atom stereocenters. The first kappa shape index (κ1) is 12.8. The molecule has 100 valence electrons. The SMILES string of the molecule is Cc1cccc(C)c1C(O)c1ccc2cccnc2c1. The molecule has 1 unspecified atom stereocenters. The van der Waals surface area contributed by atoms with E-state index in [1.54, 1.807) is 6.20 Å². The Morgan fingerprint density at radius 3 is 2.45 bits per heavy atom. The topological polar surface area (TPSA) is 33.1 Å². The molecule has 0 fully saturated rings. The second-order valence-corrected chi connectivity index (χ2v) is 5.16. The minimum absolute atomic E-state index is 0.609. The lowest BCUT2D eigenvalue weighted by atomic mass is 9.93. The van der Waals surface area contributed by atoms with Gasteiger partial charge in [0.1, 0.15) is 6.10 Å². The molecule has 2 heteroatoms. The number of aryl methyl sites for hydroxylation is 2. The summed E-state index contributed by atoms with van der Waals surface area (Å²) in [6, 6.07) is 16.0. The summed E-state index contributed by atoms with van der Waals surface area (Å²) in [5.74, 6) is 0. The number of aliphatic hydroxyl groups excluding tert-OH is 1. The van der Waals surface area contributed by atoms with E-state index >= 15 is 0 Å². The highest BCUT2D eigenvalue weighted by molar-refractivity contribution is 5.79. The average molecular weight is 263 g/mol. The summed E-state index contributed by atoms with van der Waals surface area (Å²) in [7, 11) is 0. The van der Waals surface area contributed by atoms with Gasteiger partial charge in [0.25, 0.3) is 0 Å². The van der Waals surface area contributed by atoms with Gasteiger partial charge in [0, 0.05) is 11.6 Å². The van der Waals surface area contributed by atoms with E-state index in [1.807, 2.05) is 62.4 Å². The summed E-state index contributed by atoms with van der Waals surface area (Å²) in [6.45, 7) is 4.07. The number of hydrogen-bond acceptors (Lipinski definition) is 2. The molecule has 0 spiro atoms. The van der Waals surface area contributed by atoms with Crippen molar-refractivity contribution in [2.45, 2.75) is 20.0 Å². The summed E-state index contributed by atoms with van der Waals surface area (Å²) < 4.78 is 0. The van der Waals surface area contributed by atoms with Gasteiger partial charge in [0.15, 0.2) is 0 Å². The van der Waals surface area contributed by atoms with Crippen LogP contribution in [-0.2, 0) is 0 Å². The third kappa shape index (κ3) is 2.19. The molecular weight excluding hydrogens is 246 g/mol. The first-order valence-corrected chi connectivity index (χ1v) is 6.75. The van der Waals surface area contributed by atoms with Gasteiger partial charge in [0.2, 0.25) is 0 Å². The molecule has 0 aliphatic heterocycles. The Labute approximate surface area is 118 Å². The summed E-state index contributed by atoms with van der Waals surface area (Å²) in [6.07, 6.45) is 1.17. The Morgan fingerprint density at radius 2 is 1.70 bits per heavy atom. The Morgan fingerprint density at radius 1 is 0.950 bits per heavy atom. The number of benzene rings is 2. The lowest BCUT2D eigenvalue weighted by Crippen LogP contribution is -2.04. The molecule has 1 heterocycles. The molecule has 20 heavy (non-hydrogen) atoms. The number of fused-ring (bicyclic) bond motifs is 1. The fourth-order valence-corrected chi connectivity index (χ4v) is 2.68. The van der Waals surface area contributed by atoms with E-state index in [-0.39, 0.29) is 0 Å². The maximum absolute atomic E-state index is 10.7. The Hall–Kier alpha value is -2.19. The van der Waals surface area contributed by atoms with Crippen molar-refractivity contribution >= 4 is 10.9 Å². The number of aromatic nitrogens is 1. The maximum Gasteiger partial charge on any atom is 0.105 e. The van der Waals surface area contributed by atoms with Gasteiger partial charge in [-0.05, 0) is 48.2 Å². The minimum Gasteiger partial charge on any atom is -0.384 e. The van der Waals surface area contributed by atoms with Crippen LogP contribution < -0.4 is 0 Å². The van der Waals surface area contributed by atoms with E-state index < -0.39 is 6.10 Å². The summed E-state index contributed by atoms with van der Waals surface area (Å²) in [5.41, 5.74) is 5.00. The Bertz CT molecular complexity index is 744. The zero-order chi connectivity index (χ0) is 14.1. The van der Waals surface area contributed by atoms with Gasteiger partial charge in [-0.3, -0.25) is 4.98 Å². The molecule has 1 N–H and O–H groups in total. The van der Waals surface area contributed by atoms with Gasteiger partial charge >= 0.3 is 0 Å². The maximum atomic E-state index is 10.7. The van der Waals surface area contributed by atoms with Crippen molar-refractivity contribution in [1.29, 1.82) is 0 Å². The molecule has 0 saturated carbocycles. The quantitative estimate of drug-likeness (QED) is 0.760. The van der Waals surface area contributed by atoms with Crippen LogP contribution in [0.1, 0.15) is 28.4 Å². The number of hydrogen-bond donors (Lipinski definition) is 1.